The highest BCUT2D eigenvalue weighted by molar-refractivity contribution is 7.09. The molecule has 0 spiro atoms. The Morgan fingerprint density at radius 1 is 1.64 bits per heavy atom. The minimum absolute atomic E-state index is 0.396. The molecular weight excluding hydrogens is 192 g/mol. The maximum Gasteiger partial charge on any atom is 0.0988 e. The van der Waals surface area contributed by atoms with Crippen LogP contribution in [0.5, 0.6) is 0 Å². The number of nitrogens with one attached hydrogen (secondary N) is 1. The largest absolute Gasteiger partial charge is 0.309 e. The Morgan fingerprint density at radius 3 is 2.93 bits per heavy atom. The van der Waals surface area contributed by atoms with E-state index in [1.165, 1.54) is 23.5 Å². The number of nitrogens with zero attached hydrogens (tertiary/aromatic N) is 1. The molecule has 1 aliphatic rings. The molecule has 0 saturated heterocycles. The van der Waals surface area contributed by atoms with Crippen molar-refractivity contribution in [2.45, 2.75) is 45.1 Å². The topological polar surface area (TPSA) is 24.9 Å². The molecule has 1 aliphatic carbocycles. The lowest BCUT2D eigenvalue weighted by molar-refractivity contribution is 0.582. The SMILES string of the molecule is CCNC(C)c1csc(C2(C)CC2)n1. The van der Waals surface area contributed by atoms with Crippen molar-refractivity contribution in [1.29, 1.82) is 0 Å². The smallest absolute Gasteiger partial charge is 0.0988 e. The zero-order valence-electron chi connectivity index (χ0n) is 9.13. The van der Waals surface area contributed by atoms with Gasteiger partial charge in [-0.05, 0) is 26.3 Å². The summed E-state index contributed by atoms with van der Waals surface area (Å²) >= 11 is 1.82. The fourth-order valence-electron chi connectivity index (χ4n) is 1.57. The fourth-order valence-corrected chi connectivity index (χ4v) is 2.71. The maximum absolute atomic E-state index is 4.72. The summed E-state index contributed by atoms with van der Waals surface area (Å²) in [7, 11) is 0. The Hall–Kier alpha value is -0.410. The van der Waals surface area contributed by atoms with Crippen molar-refractivity contribution in [3.63, 3.8) is 0 Å². The third kappa shape index (κ3) is 1.84. The summed E-state index contributed by atoms with van der Waals surface area (Å²) in [5, 5.41) is 6.92. The molecule has 1 heterocycles. The average Bonchev–Trinajstić information content (AvgIpc) is 2.72. The van der Waals surface area contributed by atoms with E-state index in [0.29, 0.717) is 11.5 Å². The van der Waals surface area contributed by atoms with E-state index in [1.807, 2.05) is 11.3 Å². The van der Waals surface area contributed by atoms with Gasteiger partial charge in [0.15, 0.2) is 0 Å². The van der Waals surface area contributed by atoms with Gasteiger partial charge >= 0.3 is 0 Å². The first-order valence-electron chi connectivity index (χ1n) is 5.35. The predicted octanol–water partition coefficient (Wildman–Crippen LogP) is 2.87. The van der Waals surface area contributed by atoms with E-state index in [-0.39, 0.29) is 0 Å². The van der Waals surface area contributed by atoms with Gasteiger partial charge in [-0.3, -0.25) is 0 Å². The molecule has 1 aromatic rings. The molecule has 1 aromatic heterocycles. The van der Waals surface area contributed by atoms with E-state index in [9.17, 15) is 0 Å². The van der Waals surface area contributed by atoms with Crippen molar-refractivity contribution in [1.82, 2.24) is 10.3 Å². The summed E-state index contributed by atoms with van der Waals surface area (Å²) in [4.78, 5) is 4.72. The number of rotatable bonds is 4. The lowest BCUT2D eigenvalue weighted by Gasteiger charge is -2.08. The molecule has 78 valence electrons. The van der Waals surface area contributed by atoms with Crippen molar-refractivity contribution >= 4 is 11.3 Å². The molecule has 14 heavy (non-hydrogen) atoms. The van der Waals surface area contributed by atoms with Crippen LogP contribution in [0.2, 0.25) is 0 Å². The van der Waals surface area contributed by atoms with E-state index in [0.717, 1.165) is 6.54 Å². The maximum atomic E-state index is 4.72. The van der Waals surface area contributed by atoms with E-state index in [4.69, 9.17) is 4.98 Å². The van der Waals surface area contributed by atoms with Gasteiger partial charge in [-0.15, -0.1) is 11.3 Å². The normalized spacial score (nSPS) is 20.8. The summed E-state index contributed by atoms with van der Waals surface area (Å²) in [6.45, 7) is 7.63. The molecule has 0 aliphatic heterocycles. The Bertz CT molecular complexity index is 315. The van der Waals surface area contributed by atoms with Crippen molar-refractivity contribution in [2.24, 2.45) is 0 Å². The molecule has 0 aromatic carbocycles. The molecule has 3 heteroatoms. The van der Waals surface area contributed by atoms with Crippen LogP contribution in [0.15, 0.2) is 5.38 Å². The summed E-state index contributed by atoms with van der Waals surface area (Å²) < 4.78 is 0. The van der Waals surface area contributed by atoms with Crippen LogP contribution in [0.1, 0.15) is 50.4 Å². The minimum atomic E-state index is 0.396. The van der Waals surface area contributed by atoms with Crippen LogP contribution < -0.4 is 5.32 Å². The number of hydrogen-bond donors (Lipinski definition) is 1. The van der Waals surface area contributed by atoms with Gasteiger partial charge in [0.05, 0.1) is 10.7 Å². The second-order valence-corrected chi connectivity index (χ2v) is 5.28. The number of aromatic nitrogens is 1. The summed E-state index contributed by atoms with van der Waals surface area (Å²) in [6, 6.07) is 0.396. The van der Waals surface area contributed by atoms with Gasteiger partial charge in [0.1, 0.15) is 0 Å². The Kier molecular flexibility index (Phi) is 2.62. The van der Waals surface area contributed by atoms with E-state index in [1.54, 1.807) is 0 Å². The predicted molar refractivity (Wildman–Crippen MR) is 60.8 cm³/mol. The van der Waals surface area contributed by atoms with Gasteiger partial charge in [0.25, 0.3) is 0 Å². The van der Waals surface area contributed by atoms with Crippen LogP contribution in [0, 0.1) is 0 Å². The zero-order valence-corrected chi connectivity index (χ0v) is 9.95. The van der Waals surface area contributed by atoms with Gasteiger partial charge in [-0.1, -0.05) is 13.8 Å². The summed E-state index contributed by atoms with van der Waals surface area (Å²) in [6.07, 6.45) is 2.63. The van der Waals surface area contributed by atoms with Gasteiger partial charge in [0.2, 0.25) is 0 Å². The lowest BCUT2D eigenvalue weighted by atomic mass is 10.1. The Morgan fingerprint density at radius 2 is 2.36 bits per heavy atom. The van der Waals surface area contributed by atoms with Crippen molar-refractivity contribution < 1.29 is 0 Å². The molecule has 1 N–H and O–H groups in total. The average molecular weight is 210 g/mol. The third-order valence-corrected chi connectivity index (χ3v) is 4.16. The molecule has 1 fully saturated rings. The van der Waals surface area contributed by atoms with E-state index < -0.39 is 0 Å². The highest BCUT2D eigenvalue weighted by atomic mass is 32.1. The Balaban J connectivity index is 2.09. The quantitative estimate of drug-likeness (QED) is 0.826. The minimum Gasteiger partial charge on any atom is -0.309 e. The third-order valence-electron chi connectivity index (χ3n) is 2.99. The van der Waals surface area contributed by atoms with Gasteiger partial charge in [0, 0.05) is 16.8 Å². The Labute approximate surface area is 89.8 Å². The van der Waals surface area contributed by atoms with Crippen molar-refractivity contribution in [3.8, 4) is 0 Å². The van der Waals surface area contributed by atoms with E-state index >= 15 is 0 Å². The van der Waals surface area contributed by atoms with Crippen LogP contribution in [0.4, 0.5) is 0 Å². The second kappa shape index (κ2) is 3.63. The standard InChI is InChI=1S/C11H18N2S/c1-4-12-8(2)9-7-14-10(13-9)11(3)5-6-11/h7-8,12H,4-6H2,1-3H3. The molecule has 2 nitrogen and oxygen atoms in total. The molecule has 0 radical (unpaired) electrons. The molecular formula is C11H18N2S. The van der Waals surface area contributed by atoms with Gasteiger partial charge < -0.3 is 5.32 Å². The summed E-state index contributed by atoms with van der Waals surface area (Å²) in [5.74, 6) is 0. The van der Waals surface area contributed by atoms with Crippen molar-refractivity contribution in [2.75, 3.05) is 6.54 Å². The highest BCUT2D eigenvalue weighted by Crippen LogP contribution is 2.48. The molecule has 0 amide bonds. The van der Waals surface area contributed by atoms with Crippen LogP contribution in [-0.2, 0) is 5.41 Å². The van der Waals surface area contributed by atoms with Gasteiger partial charge in [-0.2, -0.15) is 0 Å². The molecule has 1 unspecified atom stereocenters. The van der Waals surface area contributed by atoms with Crippen LogP contribution >= 0.6 is 11.3 Å². The monoisotopic (exact) mass is 210 g/mol. The number of thiazole rings is 1. The molecule has 0 bridgehead atoms. The highest BCUT2D eigenvalue weighted by Gasteiger charge is 2.41. The first kappa shape index (κ1) is 10.1. The molecule has 2 rings (SSSR count). The second-order valence-electron chi connectivity index (χ2n) is 4.42. The molecule has 1 saturated carbocycles. The zero-order chi connectivity index (χ0) is 10.2. The lowest BCUT2D eigenvalue weighted by Crippen LogP contribution is -2.18. The first-order valence-corrected chi connectivity index (χ1v) is 6.23. The number of hydrogen-bond acceptors (Lipinski definition) is 3. The van der Waals surface area contributed by atoms with Gasteiger partial charge in [-0.25, -0.2) is 4.98 Å². The van der Waals surface area contributed by atoms with Crippen molar-refractivity contribution in [3.05, 3.63) is 16.1 Å². The molecule has 1 atom stereocenters. The van der Waals surface area contributed by atoms with Crippen LogP contribution in [0.3, 0.4) is 0 Å². The summed E-state index contributed by atoms with van der Waals surface area (Å²) in [5.41, 5.74) is 1.63. The van der Waals surface area contributed by atoms with Crippen LogP contribution in [0.25, 0.3) is 0 Å². The first-order chi connectivity index (χ1) is 6.65. The van der Waals surface area contributed by atoms with Crippen LogP contribution in [-0.4, -0.2) is 11.5 Å². The van der Waals surface area contributed by atoms with E-state index in [2.05, 4.69) is 31.5 Å². The fraction of sp³-hybridized carbons (Fsp3) is 0.727.